The topological polar surface area (TPSA) is 55.8 Å². The Hall–Kier alpha value is -2.99. The minimum absolute atomic E-state index is 0.190. The van der Waals surface area contributed by atoms with Crippen LogP contribution in [0, 0.1) is 0 Å². The molecule has 3 heterocycles. The molecule has 3 saturated heterocycles. The van der Waals surface area contributed by atoms with Crippen molar-refractivity contribution in [2.24, 2.45) is 0 Å². The van der Waals surface area contributed by atoms with Crippen LogP contribution in [0.4, 0.5) is 0 Å². The van der Waals surface area contributed by atoms with Crippen LogP contribution in [0.3, 0.4) is 0 Å². The van der Waals surface area contributed by atoms with Gasteiger partial charge in [-0.2, -0.15) is 0 Å². The predicted molar refractivity (Wildman–Crippen MR) is 141 cm³/mol. The molecule has 2 bridgehead atoms. The Morgan fingerprint density at radius 2 is 1.47 bits per heavy atom. The quantitative estimate of drug-likeness (QED) is 0.540. The fraction of sp³-hybridized carbons (Fsp3) is 0.387. The van der Waals surface area contributed by atoms with Crippen LogP contribution in [0.5, 0.6) is 0 Å². The molecule has 0 aliphatic carbocycles. The van der Waals surface area contributed by atoms with E-state index < -0.39 is 11.6 Å². The molecule has 0 radical (unpaired) electrons. The average molecular weight is 482 g/mol. The van der Waals surface area contributed by atoms with Crippen molar-refractivity contribution in [1.82, 2.24) is 15.1 Å². The first-order valence-corrected chi connectivity index (χ1v) is 13.3. The zero-order valence-corrected chi connectivity index (χ0v) is 20.7. The van der Waals surface area contributed by atoms with Gasteiger partial charge in [-0.05, 0) is 42.4 Å². The molecule has 5 nitrogen and oxygen atoms in total. The van der Waals surface area contributed by atoms with Gasteiger partial charge >= 0.3 is 0 Å². The number of nitrogens with zero attached hydrogens (tertiary/aromatic N) is 2. The smallest absolute Gasteiger partial charge is 0.243 e. The standard InChI is InChI=1S/C31H35N3O2/c35-29-22-34-27-16-17-31(34,19-26(27)32-20-24-12-6-2-7-13-24)30(36)33(21-25-14-8-3-9-15-25)28(29)18-23-10-4-1-5-11-23/h1-15,26-29,32,35H,16-22H2/t26-,27?,28+,29+,31-/m0/s1. The number of carbonyl (C=O) groups is 1. The third kappa shape index (κ3) is 4.26. The summed E-state index contributed by atoms with van der Waals surface area (Å²) in [4.78, 5) is 18.9. The first-order chi connectivity index (χ1) is 17.6. The lowest BCUT2D eigenvalue weighted by Crippen LogP contribution is -2.54. The SMILES string of the molecule is O=C1N(Cc2ccccc2)[C@H](Cc2ccccc2)[C@H](O)CN2C3CC[C@]12C[C@@H]3NCc1ccccc1. The lowest BCUT2D eigenvalue weighted by atomic mass is 9.83. The molecule has 0 spiro atoms. The van der Waals surface area contributed by atoms with Crippen molar-refractivity contribution < 1.29 is 9.90 Å². The van der Waals surface area contributed by atoms with Gasteiger partial charge in [0.25, 0.3) is 0 Å². The van der Waals surface area contributed by atoms with E-state index in [0.717, 1.165) is 36.9 Å². The van der Waals surface area contributed by atoms with Crippen LogP contribution in [0.15, 0.2) is 91.0 Å². The largest absolute Gasteiger partial charge is 0.390 e. The van der Waals surface area contributed by atoms with Gasteiger partial charge < -0.3 is 15.3 Å². The second-order valence-corrected chi connectivity index (χ2v) is 10.7. The van der Waals surface area contributed by atoms with Gasteiger partial charge in [0, 0.05) is 31.7 Å². The Kier molecular flexibility index (Phi) is 6.38. The summed E-state index contributed by atoms with van der Waals surface area (Å²) in [6, 6.07) is 31.2. The van der Waals surface area contributed by atoms with Crippen molar-refractivity contribution in [2.45, 2.75) is 68.5 Å². The van der Waals surface area contributed by atoms with E-state index in [-0.39, 0.29) is 24.0 Å². The van der Waals surface area contributed by atoms with Crippen molar-refractivity contribution in [3.05, 3.63) is 108 Å². The molecule has 3 fully saturated rings. The fourth-order valence-corrected chi connectivity index (χ4v) is 6.84. The van der Waals surface area contributed by atoms with Gasteiger partial charge in [0.05, 0.1) is 12.1 Å². The molecule has 186 valence electrons. The molecule has 1 amide bonds. The van der Waals surface area contributed by atoms with Crippen LogP contribution in [0.1, 0.15) is 36.0 Å². The zero-order chi connectivity index (χ0) is 24.5. The monoisotopic (exact) mass is 481 g/mol. The number of aliphatic hydroxyl groups excluding tert-OH is 1. The van der Waals surface area contributed by atoms with E-state index >= 15 is 0 Å². The lowest BCUT2D eigenvalue weighted by Gasteiger charge is -2.38. The normalized spacial score (nSPS) is 29.8. The van der Waals surface area contributed by atoms with Crippen LogP contribution in [0.2, 0.25) is 0 Å². The first-order valence-electron chi connectivity index (χ1n) is 13.3. The van der Waals surface area contributed by atoms with Gasteiger partial charge in [-0.25, -0.2) is 0 Å². The van der Waals surface area contributed by atoms with E-state index in [1.54, 1.807) is 0 Å². The molecule has 2 N–H and O–H groups in total. The van der Waals surface area contributed by atoms with Crippen molar-refractivity contribution >= 4 is 5.91 Å². The lowest BCUT2D eigenvalue weighted by molar-refractivity contribution is -0.143. The van der Waals surface area contributed by atoms with Crippen molar-refractivity contribution in [2.75, 3.05) is 6.54 Å². The highest BCUT2D eigenvalue weighted by Crippen LogP contribution is 2.49. The number of aliphatic hydroxyl groups is 1. The summed E-state index contributed by atoms with van der Waals surface area (Å²) in [5.41, 5.74) is 2.99. The van der Waals surface area contributed by atoms with E-state index in [1.807, 2.05) is 47.4 Å². The third-order valence-electron chi connectivity index (χ3n) is 8.61. The second kappa shape index (κ2) is 9.81. The molecule has 0 aromatic heterocycles. The molecular formula is C31H35N3O2. The van der Waals surface area contributed by atoms with E-state index in [2.05, 4.69) is 58.7 Å². The Morgan fingerprint density at radius 1 is 0.861 bits per heavy atom. The van der Waals surface area contributed by atoms with Crippen molar-refractivity contribution in [3.8, 4) is 0 Å². The number of rotatable bonds is 7. The average Bonchev–Trinajstić information content (AvgIpc) is 3.40. The summed E-state index contributed by atoms with van der Waals surface area (Å²) in [7, 11) is 0. The Balaban J connectivity index is 1.29. The maximum atomic E-state index is 14.5. The third-order valence-corrected chi connectivity index (χ3v) is 8.61. The minimum Gasteiger partial charge on any atom is -0.390 e. The number of β-amino-alcohol motifs (C(OH)–C–C–N with tert-alkyl or cyclic N) is 1. The Bertz CT molecular complexity index is 1170. The maximum Gasteiger partial charge on any atom is 0.243 e. The first kappa shape index (κ1) is 23.4. The molecule has 5 atom stereocenters. The van der Waals surface area contributed by atoms with E-state index in [0.29, 0.717) is 19.5 Å². The highest BCUT2D eigenvalue weighted by atomic mass is 16.3. The van der Waals surface area contributed by atoms with Gasteiger partial charge in [0.1, 0.15) is 5.54 Å². The number of hydrogen-bond donors (Lipinski definition) is 2. The van der Waals surface area contributed by atoms with Gasteiger partial charge in [-0.3, -0.25) is 9.69 Å². The maximum absolute atomic E-state index is 14.5. The number of nitrogens with one attached hydrogen (secondary N) is 1. The highest BCUT2D eigenvalue weighted by molar-refractivity contribution is 5.88. The molecule has 3 aliphatic rings. The number of benzene rings is 3. The van der Waals surface area contributed by atoms with E-state index in [1.165, 1.54) is 5.56 Å². The van der Waals surface area contributed by atoms with Gasteiger partial charge in [-0.15, -0.1) is 0 Å². The zero-order valence-electron chi connectivity index (χ0n) is 20.7. The Morgan fingerprint density at radius 3 is 2.14 bits per heavy atom. The molecule has 3 aromatic carbocycles. The summed E-state index contributed by atoms with van der Waals surface area (Å²) >= 11 is 0. The molecule has 6 rings (SSSR count). The van der Waals surface area contributed by atoms with Crippen LogP contribution >= 0.6 is 0 Å². The van der Waals surface area contributed by atoms with Gasteiger partial charge in [0.15, 0.2) is 0 Å². The molecule has 3 aliphatic heterocycles. The van der Waals surface area contributed by atoms with Crippen LogP contribution < -0.4 is 5.32 Å². The predicted octanol–water partition coefficient (Wildman–Crippen LogP) is 3.77. The summed E-state index contributed by atoms with van der Waals surface area (Å²) < 4.78 is 0. The van der Waals surface area contributed by atoms with Crippen molar-refractivity contribution in [3.63, 3.8) is 0 Å². The van der Waals surface area contributed by atoms with E-state index in [9.17, 15) is 9.90 Å². The molecule has 5 heteroatoms. The molecular weight excluding hydrogens is 446 g/mol. The van der Waals surface area contributed by atoms with Crippen LogP contribution in [0.25, 0.3) is 0 Å². The number of carbonyl (C=O) groups excluding carboxylic acids is 1. The summed E-state index contributed by atoms with van der Waals surface area (Å²) in [6.45, 7) is 1.87. The number of hydrogen-bond acceptors (Lipinski definition) is 4. The van der Waals surface area contributed by atoms with E-state index in [4.69, 9.17) is 0 Å². The second-order valence-electron chi connectivity index (χ2n) is 10.7. The minimum atomic E-state index is -0.604. The molecule has 1 unspecified atom stereocenters. The van der Waals surface area contributed by atoms with Gasteiger partial charge in [-0.1, -0.05) is 91.0 Å². The molecule has 0 saturated carbocycles. The van der Waals surface area contributed by atoms with Crippen LogP contribution in [-0.4, -0.2) is 57.1 Å². The molecule has 3 aromatic rings. The number of amides is 1. The van der Waals surface area contributed by atoms with Crippen molar-refractivity contribution in [1.29, 1.82) is 0 Å². The fourth-order valence-electron chi connectivity index (χ4n) is 6.84. The summed E-state index contributed by atoms with van der Waals surface area (Å²) in [6.07, 6.45) is 2.72. The molecule has 36 heavy (non-hydrogen) atoms. The summed E-state index contributed by atoms with van der Waals surface area (Å²) in [5.74, 6) is 0.190. The summed E-state index contributed by atoms with van der Waals surface area (Å²) in [5, 5.41) is 15.4. The van der Waals surface area contributed by atoms with Gasteiger partial charge in [0.2, 0.25) is 5.91 Å². The Labute approximate surface area is 213 Å². The highest BCUT2D eigenvalue weighted by Gasteiger charge is 2.63. The van der Waals surface area contributed by atoms with Crippen LogP contribution in [-0.2, 0) is 24.3 Å².